The third kappa shape index (κ3) is 1.78. The van der Waals surface area contributed by atoms with Crippen LogP contribution in [-0.4, -0.2) is 11.1 Å². The minimum absolute atomic E-state index is 0.496. The summed E-state index contributed by atoms with van der Waals surface area (Å²) in [4.78, 5) is 11.4. The van der Waals surface area contributed by atoms with Gasteiger partial charge in [-0.3, -0.25) is 4.79 Å². The molecule has 0 aliphatic heterocycles. The molecule has 1 unspecified atom stereocenters. The Morgan fingerprint density at radius 3 is 2.63 bits per heavy atom. The third-order valence-electron chi connectivity index (χ3n) is 3.52. The Morgan fingerprint density at radius 2 is 1.89 bits per heavy atom. The van der Waals surface area contributed by atoms with Crippen molar-refractivity contribution in [3.63, 3.8) is 0 Å². The Kier molecular flexibility index (Phi) is 2.75. The van der Waals surface area contributed by atoms with Crippen molar-refractivity contribution in [1.29, 1.82) is 0 Å². The maximum Gasteiger partial charge on any atom is 0.310 e. The Bertz CT molecular complexity index is 755. The number of benzene rings is 2. The lowest BCUT2D eigenvalue weighted by Crippen LogP contribution is -2.10. The molecule has 0 aliphatic rings. The van der Waals surface area contributed by atoms with E-state index in [-0.39, 0.29) is 0 Å². The van der Waals surface area contributed by atoms with Crippen LogP contribution in [0, 0.1) is 0 Å². The first-order chi connectivity index (χ1) is 9.22. The second kappa shape index (κ2) is 4.43. The molecule has 2 aromatic carbocycles. The van der Waals surface area contributed by atoms with E-state index in [4.69, 9.17) is 4.42 Å². The van der Waals surface area contributed by atoms with Crippen LogP contribution in [0.4, 0.5) is 0 Å². The lowest BCUT2D eigenvalue weighted by Gasteiger charge is -2.11. The first-order valence-electron chi connectivity index (χ1n) is 6.35. The van der Waals surface area contributed by atoms with Gasteiger partial charge in [0.05, 0.1) is 5.92 Å². The van der Waals surface area contributed by atoms with E-state index >= 15 is 0 Å². The van der Waals surface area contributed by atoms with Gasteiger partial charge in [-0.2, -0.15) is 0 Å². The molecule has 1 aromatic heterocycles. The molecule has 3 aromatic rings. The highest BCUT2D eigenvalue weighted by molar-refractivity contribution is 6.08. The summed E-state index contributed by atoms with van der Waals surface area (Å²) in [7, 11) is 0. The van der Waals surface area contributed by atoms with Crippen molar-refractivity contribution in [3.8, 4) is 0 Å². The van der Waals surface area contributed by atoms with Gasteiger partial charge in [0.15, 0.2) is 0 Å². The van der Waals surface area contributed by atoms with Gasteiger partial charge in [-0.25, -0.2) is 0 Å². The van der Waals surface area contributed by atoms with E-state index in [1.54, 1.807) is 0 Å². The molecule has 96 valence electrons. The standard InChI is InChI=1S/C16H14O3/c1-2-10(16(17)18)11-7-5-9-14-15(11)12-6-3-4-8-13(12)19-14/h3-10H,2H2,1H3,(H,17,18). The fourth-order valence-corrected chi connectivity index (χ4v) is 2.62. The highest BCUT2D eigenvalue weighted by atomic mass is 16.4. The Hall–Kier alpha value is -2.29. The normalized spacial score (nSPS) is 12.9. The number of hydrogen-bond donors (Lipinski definition) is 1. The molecule has 0 radical (unpaired) electrons. The van der Waals surface area contributed by atoms with Crippen molar-refractivity contribution in [2.75, 3.05) is 0 Å². The van der Waals surface area contributed by atoms with Gasteiger partial charge in [0.1, 0.15) is 11.2 Å². The van der Waals surface area contributed by atoms with Crippen LogP contribution in [0.25, 0.3) is 21.9 Å². The number of para-hydroxylation sites is 1. The average molecular weight is 254 g/mol. The maximum absolute atomic E-state index is 11.4. The number of furan rings is 1. The van der Waals surface area contributed by atoms with Crippen LogP contribution >= 0.6 is 0 Å². The van der Waals surface area contributed by atoms with Crippen molar-refractivity contribution < 1.29 is 14.3 Å². The highest BCUT2D eigenvalue weighted by Gasteiger charge is 2.22. The van der Waals surface area contributed by atoms with Gasteiger partial charge in [0, 0.05) is 10.8 Å². The summed E-state index contributed by atoms with van der Waals surface area (Å²) in [5.74, 6) is -1.29. The maximum atomic E-state index is 11.4. The lowest BCUT2D eigenvalue weighted by atomic mass is 9.92. The average Bonchev–Trinajstić information content (AvgIpc) is 2.78. The molecule has 19 heavy (non-hydrogen) atoms. The molecule has 0 fully saturated rings. The van der Waals surface area contributed by atoms with Crippen molar-refractivity contribution >= 4 is 27.9 Å². The molecule has 1 heterocycles. The van der Waals surface area contributed by atoms with E-state index in [9.17, 15) is 9.90 Å². The number of hydrogen-bond acceptors (Lipinski definition) is 2. The number of rotatable bonds is 3. The van der Waals surface area contributed by atoms with E-state index in [1.165, 1.54) is 0 Å². The SMILES string of the molecule is CCC(C(=O)O)c1cccc2oc3ccccc3c12. The van der Waals surface area contributed by atoms with Gasteiger partial charge < -0.3 is 9.52 Å². The quantitative estimate of drug-likeness (QED) is 0.763. The Balaban J connectivity index is 2.38. The summed E-state index contributed by atoms with van der Waals surface area (Å²) < 4.78 is 5.77. The predicted octanol–water partition coefficient (Wildman–Crippen LogP) is 4.16. The summed E-state index contributed by atoms with van der Waals surface area (Å²) >= 11 is 0. The first kappa shape index (κ1) is 11.8. The zero-order chi connectivity index (χ0) is 13.4. The van der Waals surface area contributed by atoms with Gasteiger partial charge in [0.2, 0.25) is 0 Å². The summed E-state index contributed by atoms with van der Waals surface area (Å²) in [6.07, 6.45) is 0.563. The Morgan fingerprint density at radius 1 is 1.16 bits per heavy atom. The molecule has 3 rings (SSSR count). The minimum atomic E-state index is -0.791. The second-order valence-corrected chi connectivity index (χ2v) is 4.62. The number of aliphatic carboxylic acids is 1. The number of fused-ring (bicyclic) bond motifs is 3. The van der Waals surface area contributed by atoms with Crippen molar-refractivity contribution in [2.45, 2.75) is 19.3 Å². The summed E-state index contributed by atoms with van der Waals surface area (Å²) in [6.45, 7) is 1.89. The molecule has 0 spiro atoms. The lowest BCUT2D eigenvalue weighted by molar-refractivity contribution is -0.138. The molecule has 0 saturated carbocycles. The van der Waals surface area contributed by atoms with Crippen molar-refractivity contribution in [2.24, 2.45) is 0 Å². The zero-order valence-electron chi connectivity index (χ0n) is 10.6. The van der Waals surface area contributed by atoms with E-state index in [2.05, 4.69) is 0 Å². The molecule has 3 heteroatoms. The topological polar surface area (TPSA) is 50.4 Å². The summed E-state index contributed by atoms with van der Waals surface area (Å²) in [5, 5.41) is 11.3. The van der Waals surface area contributed by atoms with Gasteiger partial charge in [-0.05, 0) is 24.1 Å². The molecular formula is C16H14O3. The second-order valence-electron chi connectivity index (χ2n) is 4.62. The molecule has 0 amide bonds. The summed E-state index contributed by atoms with van der Waals surface area (Å²) in [6, 6.07) is 13.3. The van der Waals surface area contributed by atoms with Crippen molar-refractivity contribution in [3.05, 3.63) is 48.0 Å². The number of carboxylic acids is 1. The van der Waals surface area contributed by atoms with Crippen LogP contribution in [0.15, 0.2) is 46.9 Å². The van der Waals surface area contributed by atoms with Crippen LogP contribution in [0.5, 0.6) is 0 Å². The van der Waals surface area contributed by atoms with Crippen LogP contribution in [-0.2, 0) is 4.79 Å². The van der Waals surface area contributed by atoms with Gasteiger partial charge in [0.25, 0.3) is 0 Å². The van der Waals surface area contributed by atoms with Gasteiger partial charge in [-0.1, -0.05) is 37.3 Å². The smallest absolute Gasteiger partial charge is 0.310 e. The van der Waals surface area contributed by atoms with Gasteiger partial charge in [-0.15, -0.1) is 0 Å². The van der Waals surface area contributed by atoms with Crippen molar-refractivity contribution in [1.82, 2.24) is 0 Å². The Labute approximate surface area is 110 Å². The summed E-state index contributed by atoms with van der Waals surface area (Å²) in [5.41, 5.74) is 2.38. The zero-order valence-corrected chi connectivity index (χ0v) is 10.6. The molecular weight excluding hydrogens is 240 g/mol. The molecule has 0 bridgehead atoms. The van der Waals surface area contributed by atoms with E-state index in [1.807, 2.05) is 49.4 Å². The minimum Gasteiger partial charge on any atom is -0.481 e. The largest absolute Gasteiger partial charge is 0.481 e. The third-order valence-corrected chi connectivity index (χ3v) is 3.52. The molecule has 3 nitrogen and oxygen atoms in total. The molecule has 0 aliphatic carbocycles. The fourth-order valence-electron chi connectivity index (χ4n) is 2.62. The van der Waals surface area contributed by atoms with Crippen LogP contribution in [0.3, 0.4) is 0 Å². The predicted molar refractivity (Wildman–Crippen MR) is 74.4 cm³/mol. The first-order valence-corrected chi connectivity index (χ1v) is 6.35. The molecule has 1 atom stereocenters. The van der Waals surface area contributed by atoms with Gasteiger partial charge >= 0.3 is 5.97 Å². The molecule has 1 N–H and O–H groups in total. The van der Waals surface area contributed by atoms with E-state index in [0.29, 0.717) is 6.42 Å². The van der Waals surface area contributed by atoms with E-state index < -0.39 is 11.9 Å². The van der Waals surface area contributed by atoms with E-state index in [0.717, 1.165) is 27.5 Å². The fraction of sp³-hybridized carbons (Fsp3) is 0.188. The highest BCUT2D eigenvalue weighted by Crippen LogP contribution is 2.35. The monoisotopic (exact) mass is 254 g/mol. The number of carbonyl (C=O) groups is 1. The molecule has 0 saturated heterocycles. The van der Waals surface area contributed by atoms with Crippen LogP contribution < -0.4 is 0 Å². The van der Waals surface area contributed by atoms with Crippen LogP contribution in [0.1, 0.15) is 24.8 Å². The van der Waals surface area contributed by atoms with Crippen LogP contribution in [0.2, 0.25) is 0 Å². The number of carboxylic acid groups (broad SMARTS) is 1.